The molecule has 0 bridgehead atoms. The third-order valence-corrected chi connectivity index (χ3v) is 2.59. The van der Waals surface area contributed by atoms with Gasteiger partial charge in [-0.2, -0.15) is 0 Å². The molecule has 0 radical (unpaired) electrons. The van der Waals surface area contributed by atoms with Crippen molar-refractivity contribution in [2.24, 2.45) is 0 Å². The van der Waals surface area contributed by atoms with Crippen LogP contribution in [-0.2, 0) is 9.59 Å². The van der Waals surface area contributed by atoms with Gasteiger partial charge in [0.2, 0.25) is 5.91 Å². The molecule has 0 aliphatic carbocycles. The molecule has 2 aromatic carbocycles. The molecule has 0 aliphatic heterocycles. The molecule has 2 rings (SSSR count). The summed E-state index contributed by atoms with van der Waals surface area (Å²) in [4.78, 5) is 20.9. The highest BCUT2D eigenvalue weighted by atomic mass is 16.5. The number of phenolic OH excluding ortho intramolecular Hbond substituents is 1. The smallest absolute Gasteiger partial charge is 0.344 e. The van der Waals surface area contributed by atoms with Crippen molar-refractivity contribution in [2.75, 3.05) is 5.32 Å². The van der Waals surface area contributed by atoms with Gasteiger partial charge in [-0.1, -0.05) is 18.2 Å². The summed E-state index contributed by atoms with van der Waals surface area (Å²) >= 11 is 0. The van der Waals surface area contributed by atoms with Crippen LogP contribution in [0.15, 0.2) is 54.6 Å². The number of para-hydroxylation sites is 1. The van der Waals surface area contributed by atoms with E-state index in [0.29, 0.717) is 11.4 Å². The number of carbonyl (C=O) groups is 2. The third kappa shape index (κ3) is 7.52. The number of carbonyl (C=O) groups excluding carboxylic acids is 1. The van der Waals surface area contributed by atoms with Gasteiger partial charge in [0.25, 0.3) is 0 Å². The fourth-order valence-electron chi connectivity index (χ4n) is 1.50. The summed E-state index contributed by atoms with van der Waals surface area (Å²) < 4.78 is 5.08. The number of benzene rings is 2. The Morgan fingerprint density at radius 3 is 2.09 bits per heavy atom. The van der Waals surface area contributed by atoms with Gasteiger partial charge in [0.1, 0.15) is 11.5 Å². The zero-order chi connectivity index (χ0) is 17.2. The second-order valence-electron chi connectivity index (χ2n) is 4.64. The van der Waals surface area contributed by atoms with Gasteiger partial charge in [-0.05, 0) is 43.3 Å². The molecule has 0 spiro atoms. The molecular formula is C17H19NO5. The number of amides is 1. The minimum Gasteiger partial charge on any atom is -0.508 e. The lowest BCUT2D eigenvalue weighted by molar-refractivity contribution is -0.144. The molecule has 6 nitrogen and oxygen atoms in total. The highest BCUT2D eigenvalue weighted by molar-refractivity contribution is 5.88. The van der Waals surface area contributed by atoms with E-state index in [1.165, 1.54) is 26.0 Å². The van der Waals surface area contributed by atoms with Crippen molar-refractivity contribution < 1.29 is 24.5 Å². The van der Waals surface area contributed by atoms with Crippen LogP contribution in [-0.4, -0.2) is 28.2 Å². The van der Waals surface area contributed by atoms with Crippen LogP contribution in [0.4, 0.5) is 5.69 Å². The minimum absolute atomic E-state index is 0.115. The Morgan fingerprint density at radius 2 is 1.61 bits per heavy atom. The number of ether oxygens (including phenoxy) is 1. The Kier molecular flexibility index (Phi) is 7.13. The molecule has 0 saturated heterocycles. The summed E-state index contributed by atoms with van der Waals surface area (Å²) in [6, 6.07) is 15.2. The number of hydrogen-bond donors (Lipinski definition) is 3. The van der Waals surface area contributed by atoms with Gasteiger partial charge >= 0.3 is 5.97 Å². The summed E-state index contributed by atoms with van der Waals surface area (Å²) in [7, 11) is 0. The summed E-state index contributed by atoms with van der Waals surface area (Å²) in [6.07, 6.45) is -0.799. The SMILES string of the molecule is CC(=O)Nc1ccc(O)cc1.CC(Oc1ccccc1)C(=O)O. The zero-order valence-electron chi connectivity index (χ0n) is 12.9. The number of anilines is 1. The molecule has 0 heterocycles. The normalized spacial score (nSPS) is 10.7. The monoisotopic (exact) mass is 317 g/mol. The first-order valence-corrected chi connectivity index (χ1v) is 6.89. The lowest BCUT2D eigenvalue weighted by atomic mass is 10.3. The summed E-state index contributed by atoms with van der Waals surface area (Å²) in [6.45, 7) is 2.93. The van der Waals surface area contributed by atoms with Crippen LogP contribution in [0, 0.1) is 0 Å². The van der Waals surface area contributed by atoms with E-state index in [4.69, 9.17) is 14.9 Å². The second kappa shape index (κ2) is 9.09. The third-order valence-electron chi connectivity index (χ3n) is 2.59. The Labute approximate surface area is 134 Å². The number of nitrogens with one attached hydrogen (secondary N) is 1. The highest BCUT2D eigenvalue weighted by Crippen LogP contribution is 2.13. The molecule has 0 aliphatic rings. The van der Waals surface area contributed by atoms with E-state index >= 15 is 0 Å². The maximum absolute atomic E-state index is 10.5. The largest absolute Gasteiger partial charge is 0.508 e. The molecule has 1 atom stereocenters. The summed E-state index contributed by atoms with van der Waals surface area (Å²) in [5.74, 6) is -0.305. The topological polar surface area (TPSA) is 95.9 Å². The number of aromatic hydroxyl groups is 1. The van der Waals surface area contributed by atoms with E-state index in [9.17, 15) is 9.59 Å². The van der Waals surface area contributed by atoms with Crippen molar-refractivity contribution >= 4 is 17.6 Å². The predicted molar refractivity (Wildman–Crippen MR) is 86.6 cm³/mol. The van der Waals surface area contributed by atoms with Crippen LogP contribution >= 0.6 is 0 Å². The average Bonchev–Trinajstić information content (AvgIpc) is 2.51. The first-order chi connectivity index (χ1) is 10.9. The fourth-order valence-corrected chi connectivity index (χ4v) is 1.50. The first-order valence-electron chi connectivity index (χ1n) is 6.89. The van der Waals surface area contributed by atoms with Crippen LogP contribution in [0.1, 0.15) is 13.8 Å². The molecule has 6 heteroatoms. The van der Waals surface area contributed by atoms with Crippen molar-refractivity contribution in [1.29, 1.82) is 0 Å². The second-order valence-corrected chi connectivity index (χ2v) is 4.64. The lowest BCUT2D eigenvalue weighted by Gasteiger charge is -2.09. The van der Waals surface area contributed by atoms with Crippen LogP contribution in [0.2, 0.25) is 0 Å². The fraction of sp³-hybridized carbons (Fsp3) is 0.176. The van der Waals surface area contributed by atoms with Crippen molar-refractivity contribution in [2.45, 2.75) is 20.0 Å². The maximum Gasteiger partial charge on any atom is 0.344 e. The molecule has 1 amide bonds. The summed E-state index contributed by atoms with van der Waals surface area (Å²) in [5, 5.41) is 20.0. The van der Waals surface area contributed by atoms with E-state index < -0.39 is 12.1 Å². The molecule has 122 valence electrons. The number of aliphatic carboxylic acids is 1. The van der Waals surface area contributed by atoms with Gasteiger partial charge in [0, 0.05) is 12.6 Å². The van der Waals surface area contributed by atoms with Crippen LogP contribution in [0.3, 0.4) is 0 Å². The van der Waals surface area contributed by atoms with Gasteiger partial charge < -0.3 is 20.3 Å². The molecular weight excluding hydrogens is 298 g/mol. The van der Waals surface area contributed by atoms with Crippen molar-refractivity contribution in [3.8, 4) is 11.5 Å². The Hall–Kier alpha value is -3.02. The zero-order valence-corrected chi connectivity index (χ0v) is 12.9. The van der Waals surface area contributed by atoms with Crippen LogP contribution in [0.5, 0.6) is 11.5 Å². The summed E-state index contributed by atoms with van der Waals surface area (Å²) in [5.41, 5.74) is 0.690. The molecule has 23 heavy (non-hydrogen) atoms. The number of phenols is 1. The molecule has 0 fully saturated rings. The minimum atomic E-state index is -0.959. The Balaban J connectivity index is 0.000000231. The Morgan fingerprint density at radius 1 is 1.04 bits per heavy atom. The quantitative estimate of drug-likeness (QED) is 0.754. The standard InChI is InChI=1S/C9H10O3.C8H9NO2/c1-7(9(10)11)12-8-5-3-2-4-6-8;1-6(10)9-7-2-4-8(11)5-3-7/h2-7H,1H3,(H,10,11);2-5,11H,1H3,(H,9,10). The molecule has 0 saturated carbocycles. The van der Waals surface area contributed by atoms with Gasteiger partial charge in [0.05, 0.1) is 0 Å². The van der Waals surface area contributed by atoms with Gasteiger partial charge in [-0.3, -0.25) is 4.79 Å². The van der Waals surface area contributed by atoms with Gasteiger partial charge in [-0.15, -0.1) is 0 Å². The molecule has 0 aromatic heterocycles. The Bertz CT molecular complexity index is 625. The van der Waals surface area contributed by atoms with E-state index in [1.807, 2.05) is 6.07 Å². The molecule has 3 N–H and O–H groups in total. The van der Waals surface area contributed by atoms with E-state index in [0.717, 1.165) is 0 Å². The van der Waals surface area contributed by atoms with Crippen LogP contribution in [0.25, 0.3) is 0 Å². The molecule has 1 unspecified atom stereocenters. The number of carboxylic acid groups (broad SMARTS) is 1. The van der Waals surface area contributed by atoms with E-state index in [1.54, 1.807) is 36.4 Å². The maximum atomic E-state index is 10.5. The van der Waals surface area contributed by atoms with E-state index in [2.05, 4.69) is 5.32 Å². The lowest BCUT2D eigenvalue weighted by Crippen LogP contribution is -2.22. The van der Waals surface area contributed by atoms with Crippen molar-refractivity contribution in [1.82, 2.24) is 0 Å². The van der Waals surface area contributed by atoms with Crippen molar-refractivity contribution in [3.05, 3.63) is 54.6 Å². The van der Waals surface area contributed by atoms with Gasteiger partial charge in [-0.25, -0.2) is 4.79 Å². The average molecular weight is 317 g/mol. The number of hydrogen-bond acceptors (Lipinski definition) is 4. The predicted octanol–water partition coefficient (Wildman–Crippen LogP) is 2.89. The van der Waals surface area contributed by atoms with Gasteiger partial charge in [0.15, 0.2) is 6.10 Å². The van der Waals surface area contributed by atoms with E-state index in [-0.39, 0.29) is 11.7 Å². The highest BCUT2D eigenvalue weighted by Gasteiger charge is 2.11. The number of carboxylic acids is 1. The number of rotatable bonds is 4. The first kappa shape index (κ1) is 18.0. The molecule has 2 aromatic rings. The van der Waals surface area contributed by atoms with Crippen molar-refractivity contribution in [3.63, 3.8) is 0 Å². The van der Waals surface area contributed by atoms with Crippen LogP contribution < -0.4 is 10.1 Å².